The number of pyridine rings is 1. The highest BCUT2D eigenvalue weighted by Gasteiger charge is 2.28. The Morgan fingerprint density at radius 3 is 2.90 bits per heavy atom. The van der Waals surface area contributed by atoms with Gasteiger partial charge in [0.2, 0.25) is 11.8 Å². The molecular formula is C15H12N2O3. The van der Waals surface area contributed by atoms with Gasteiger partial charge in [0.05, 0.1) is 5.92 Å². The molecule has 1 atom stereocenters. The van der Waals surface area contributed by atoms with Crippen LogP contribution in [0.3, 0.4) is 0 Å². The maximum atomic E-state index is 11.9. The molecule has 2 heterocycles. The number of aromatic nitrogens is 1. The second-order valence-electron chi connectivity index (χ2n) is 4.83. The van der Waals surface area contributed by atoms with Gasteiger partial charge in [-0.05, 0) is 29.5 Å². The Balaban J connectivity index is 2.10. The lowest BCUT2D eigenvalue weighted by atomic mass is 9.88. The molecule has 3 rings (SSSR count). The van der Waals surface area contributed by atoms with Crippen molar-refractivity contribution in [1.29, 1.82) is 0 Å². The van der Waals surface area contributed by atoms with E-state index in [2.05, 4.69) is 10.3 Å². The third kappa shape index (κ3) is 2.07. The van der Waals surface area contributed by atoms with E-state index >= 15 is 0 Å². The largest absolute Gasteiger partial charge is 0.298 e. The summed E-state index contributed by atoms with van der Waals surface area (Å²) in [6, 6.07) is 5.39. The van der Waals surface area contributed by atoms with Gasteiger partial charge >= 0.3 is 0 Å². The Morgan fingerprint density at radius 2 is 2.15 bits per heavy atom. The summed E-state index contributed by atoms with van der Waals surface area (Å²) < 4.78 is 0. The van der Waals surface area contributed by atoms with Gasteiger partial charge < -0.3 is 0 Å². The summed E-state index contributed by atoms with van der Waals surface area (Å²) >= 11 is 0. The Labute approximate surface area is 115 Å². The zero-order valence-electron chi connectivity index (χ0n) is 10.6. The third-order valence-corrected chi connectivity index (χ3v) is 3.58. The molecule has 0 radical (unpaired) electrons. The molecule has 0 bridgehead atoms. The monoisotopic (exact) mass is 268 g/mol. The maximum absolute atomic E-state index is 11.9. The summed E-state index contributed by atoms with van der Waals surface area (Å²) in [4.78, 5) is 38.3. The average Bonchev–Trinajstić information content (AvgIpc) is 2.46. The van der Waals surface area contributed by atoms with Crippen LogP contribution in [0.2, 0.25) is 0 Å². The van der Waals surface area contributed by atoms with Crippen LogP contribution in [0, 0.1) is 0 Å². The minimum Gasteiger partial charge on any atom is -0.298 e. The predicted molar refractivity (Wildman–Crippen MR) is 72.3 cm³/mol. The SMILES string of the molecule is O=Cc1cc(C2CCC(=O)NC2=O)cc2ccncc12. The number of nitrogens with one attached hydrogen (secondary N) is 1. The number of amides is 2. The van der Waals surface area contributed by atoms with Gasteiger partial charge in [0.15, 0.2) is 6.29 Å². The zero-order valence-corrected chi connectivity index (χ0v) is 10.6. The van der Waals surface area contributed by atoms with Crippen LogP contribution in [0.4, 0.5) is 0 Å². The molecule has 1 unspecified atom stereocenters. The topological polar surface area (TPSA) is 76.1 Å². The second-order valence-corrected chi connectivity index (χ2v) is 4.83. The quantitative estimate of drug-likeness (QED) is 0.662. The van der Waals surface area contributed by atoms with Gasteiger partial charge in [0, 0.05) is 29.8 Å². The van der Waals surface area contributed by atoms with Crippen molar-refractivity contribution < 1.29 is 14.4 Å². The summed E-state index contributed by atoms with van der Waals surface area (Å²) in [6.07, 6.45) is 4.83. The minimum absolute atomic E-state index is 0.244. The van der Waals surface area contributed by atoms with Crippen LogP contribution < -0.4 is 5.32 Å². The fraction of sp³-hybridized carbons (Fsp3) is 0.200. The molecule has 1 saturated heterocycles. The first kappa shape index (κ1) is 12.5. The summed E-state index contributed by atoms with van der Waals surface area (Å²) in [7, 11) is 0. The van der Waals surface area contributed by atoms with Gasteiger partial charge in [-0.3, -0.25) is 24.7 Å². The van der Waals surface area contributed by atoms with Crippen LogP contribution in [0.25, 0.3) is 10.8 Å². The van der Waals surface area contributed by atoms with Crippen molar-refractivity contribution in [1.82, 2.24) is 10.3 Å². The number of nitrogens with zero attached hydrogens (tertiary/aromatic N) is 1. The lowest BCUT2D eigenvalue weighted by Crippen LogP contribution is -2.39. The average molecular weight is 268 g/mol. The Bertz CT molecular complexity index is 724. The number of hydrogen-bond acceptors (Lipinski definition) is 4. The molecule has 5 heteroatoms. The van der Waals surface area contributed by atoms with Crippen LogP contribution >= 0.6 is 0 Å². The van der Waals surface area contributed by atoms with E-state index in [0.717, 1.165) is 22.6 Å². The molecular weight excluding hydrogens is 256 g/mol. The number of imide groups is 1. The molecule has 0 saturated carbocycles. The van der Waals surface area contributed by atoms with E-state index in [1.165, 1.54) is 0 Å². The van der Waals surface area contributed by atoms with Crippen molar-refractivity contribution in [3.05, 3.63) is 41.7 Å². The first-order valence-corrected chi connectivity index (χ1v) is 6.35. The first-order valence-electron chi connectivity index (χ1n) is 6.35. The molecule has 0 aliphatic carbocycles. The number of piperidine rings is 1. The maximum Gasteiger partial charge on any atom is 0.234 e. The van der Waals surface area contributed by atoms with Gasteiger partial charge in [-0.25, -0.2) is 0 Å². The number of benzene rings is 1. The third-order valence-electron chi connectivity index (χ3n) is 3.58. The Morgan fingerprint density at radius 1 is 1.30 bits per heavy atom. The molecule has 1 aliphatic rings. The van der Waals surface area contributed by atoms with Gasteiger partial charge in [-0.1, -0.05) is 6.07 Å². The number of fused-ring (bicyclic) bond motifs is 1. The molecule has 100 valence electrons. The molecule has 2 amide bonds. The first-order chi connectivity index (χ1) is 9.69. The minimum atomic E-state index is -0.385. The summed E-state index contributed by atoms with van der Waals surface area (Å²) in [5.74, 6) is -0.928. The van der Waals surface area contributed by atoms with E-state index in [9.17, 15) is 14.4 Å². The number of rotatable bonds is 2. The van der Waals surface area contributed by atoms with Crippen LogP contribution in [-0.2, 0) is 9.59 Å². The zero-order chi connectivity index (χ0) is 14.1. The smallest absolute Gasteiger partial charge is 0.234 e. The molecule has 20 heavy (non-hydrogen) atoms. The predicted octanol–water partition coefficient (Wildman–Crippen LogP) is 1.57. The number of hydrogen-bond donors (Lipinski definition) is 1. The van der Waals surface area contributed by atoms with Crippen molar-refractivity contribution in [2.75, 3.05) is 0 Å². The molecule has 1 aromatic carbocycles. The Hall–Kier alpha value is -2.56. The summed E-state index contributed by atoms with van der Waals surface area (Å²) in [5, 5.41) is 3.96. The van der Waals surface area contributed by atoms with E-state index in [-0.39, 0.29) is 17.7 Å². The Kier molecular flexibility index (Phi) is 3.02. The fourth-order valence-corrected chi connectivity index (χ4v) is 2.56. The van der Waals surface area contributed by atoms with Crippen molar-refractivity contribution in [3.63, 3.8) is 0 Å². The van der Waals surface area contributed by atoms with Gasteiger partial charge in [0.1, 0.15) is 0 Å². The van der Waals surface area contributed by atoms with E-state index in [4.69, 9.17) is 0 Å². The van der Waals surface area contributed by atoms with E-state index < -0.39 is 0 Å². The normalized spacial score (nSPS) is 18.9. The van der Waals surface area contributed by atoms with Crippen LogP contribution in [0.1, 0.15) is 34.7 Å². The van der Waals surface area contributed by atoms with Crippen LogP contribution in [0.15, 0.2) is 30.6 Å². The second kappa shape index (κ2) is 4.85. The highest BCUT2D eigenvalue weighted by Crippen LogP contribution is 2.29. The van der Waals surface area contributed by atoms with Gasteiger partial charge in [0.25, 0.3) is 0 Å². The van der Waals surface area contributed by atoms with Crippen LogP contribution in [0.5, 0.6) is 0 Å². The van der Waals surface area contributed by atoms with Gasteiger partial charge in [-0.15, -0.1) is 0 Å². The lowest BCUT2D eigenvalue weighted by Gasteiger charge is -2.21. The molecule has 5 nitrogen and oxygen atoms in total. The van der Waals surface area contributed by atoms with Gasteiger partial charge in [-0.2, -0.15) is 0 Å². The molecule has 1 N–H and O–H groups in total. The molecule has 1 aliphatic heterocycles. The molecule has 1 aromatic heterocycles. The van der Waals surface area contributed by atoms with Crippen molar-refractivity contribution in [3.8, 4) is 0 Å². The number of carbonyl (C=O) groups is 3. The number of carbonyl (C=O) groups excluding carboxylic acids is 3. The van der Waals surface area contributed by atoms with Crippen LogP contribution in [-0.4, -0.2) is 23.1 Å². The molecule has 0 spiro atoms. The summed E-state index contributed by atoms with van der Waals surface area (Å²) in [6.45, 7) is 0. The van der Waals surface area contributed by atoms with Crippen molar-refractivity contribution in [2.45, 2.75) is 18.8 Å². The van der Waals surface area contributed by atoms with E-state index in [1.807, 2.05) is 6.07 Å². The molecule has 1 fully saturated rings. The molecule has 2 aromatic rings. The van der Waals surface area contributed by atoms with E-state index in [1.54, 1.807) is 24.5 Å². The fourth-order valence-electron chi connectivity index (χ4n) is 2.56. The highest BCUT2D eigenvalue weighted by atomic mass is 16.2. The number of aldehydes is 1. The summed E-state index contributed by atoms with van der Waals surface area (Å²) in [5.41, 5.74) is 1.27. The van der Waals surface area contributed by atoms with E-state index in [0.29, 0.717) is 18.4 Å². The van der Waals surface area contributed by atoms with Crippen molar-refractivity contribution in [2.24, 2.45) is 0 Å². The standard InChI is InChI=1S/C15H12N2O3/c18-8-11-6-10(5-9-3-4-16-7-13(9)11)12-1-2-14(19)17-15(12)20/h3-8,12H,1-2H2,(H,17,19,20). The highest BCUT2D eigenvalue weighted by molar-refractivity contribution is 6.03. The van der Waals surface area contributed by atoms with Crippen molar-refractivity contribution >= 4 is 28.9 Å². The lowest BCUT2D eigenvalue weighted by molar-refractivity contribution is -0.134.